The summed E-state index contributed by atoms with van der Waals surface area (Å²) in [5.41, 5.74) is 9.80. The highest BCUT2D eigenvalue weighted by atomic mass is 35.5. The third-order valence-electron chi connectivity index (χ3n) is 2.34. The van der Waals surface area contributed by atoms with Gasteiger partial charge in [-0.15, -0.1) is 0 Å². The first-order valence-corrected chi connectivity index (χ1v) is 5.60. The van der Waals surface area contributed by atoms with Crippen LogP contribution in [0.5, 0.6) is 0 Å². The number of halogens is 1. The summed E-state index contributed by atoms with van der Waals surface area (Å²) in [6, 6.07) is 7.27. The van der Waals surface area contributed by atoms with E-state index in [1.807, 2.05) is 25.1 Å². The Morgan fingerprint density at radius 1 is 1.17 bits per heavy atom. The lowest BCUT2D eigenvalue weighted by atomic mass is 10.2. The molecule has 0 radical (unpaired) electrons. The number of hydrazine groups is 1. The second-order valence-electron chi connectivity index (χ2n) is 3.73. The van der Waals surface area contributed by atoms with Gasteiger partial charge in [0.2, 0.25) is 5.95 Å². The molecule has 1 aromatic heterocycles. The smallest absolute Gasteiger partial charge is 0.223 e. The molecule has 2 rings (SSSR count). The van der Waals surface area contributed by atoms with Crippen molar-refractivity contribution in [1.82, 2.24) is 9.97 Å². The number of nitrogens with one attached hydrogen (secondary N) is 2. The Balaban J connectivity index is 2.27. The van der Waals surface area contributed by atoms with Gasteiger partial charge < -0.3 is 16.5 Å². The Morgan fingerprint density at radius 3 is 2.56 bits per heavy atom. The van der Waals surface area contributed by atoms with Crippen molar-refractivity contribution in [2.75, 3.05) is 16.5 Å². The van der Waals surface area contributed by atoms with Crippen molar-refractivity contribution in [2.45, 2.75) is 6.92 Å². The summed E-state index contributed by atoms with van der Waals surface area (Å²) in [6.07, 6.45) is 0. The van der Waals surface area contributed by atoms with Gasteiger partial charge in [0.25, 0.3) is 0 Å². The molecular formula is C11H13ClN6. The Morgan fingerprint density at radius 2 is 1.89 bits per heavy atom. The zero-order chi connectivity index (χ0) is 13.1. The third-order valence-corrected chi connectivity index (χ3v) is 2.74. The summed E-state index contributed by atoms with van der Waals surface area (Å²) < 4.78 is 0. The molecule has 18 heavy (non-hydrogen) atoms. The van der Waals surface area contributed by atoms with Crippen molar-refractivity contribution in [3.63, 3.8) is 0 Å². The summed E-state index contributed by atoms with van der Waals surface area (Å²) in [5, 5.41) is 3.76. The minimum absolute atomic E-state index is 0.131. The van der Waals surface area contributed by atoms with Crippen molar-refractivity contribution in [3.8, 4) is 0 Å². The van der Waals surface area contributed by atoms with Gasteiger partial charge in [-0.3, -0.25) is 0 Å². The zero-order valence-corrected chi connectivity index (χ0v) is 10.5. The standard InChI is InChI=1S/C11H13ClN6/c1-6-2-3-7(4-8(6)12)15-9-5-10(18-14)17-11(13)16-9/h2-5H,14H2,1H3,(H4,13,15,16,17,18). The number of nitrogens with two attached hydrogens (primary N) is 2. The Kier molecular flexibility index (Phi) is 3.50. The average Bonchev–Trinajstić information content (AvgIpc) is 2.33. The molecule has 0 aliphatic heterocycles. The van der Waals surface area contributed by atoms with Crippen molar-refractivity contribution in [3.05, 3.63) is 34.9 Å². The van der Waals surface area contributed by atoms with Gasteiger partial charge in [-0.25, -0.2) is 5.84 Å². The highest BCUT2D eigenvalue weighted by Gasteiger charge is 2.03. The molecule has 7 heteroatoms. The zero-order valence-electron chi connectivity index (χ0n) is 9.74. The van der Waals surface area contributed by atoms with Crippen LogP contribution in [-0.4, -0.2) is 9.97 Å². The summed E-state index contributed by atoms with van der Waals surface area (Å²) in [7, 11) is 0. The summed E-state index contributed by atoms with van der Waals surface area (Å²) >= 11 is 6.04. The van der Waals surface area contributed by atoms with E-state index in [4.69, 9.17) is 23.2 Å². The lowest BCUT2D eigenvalue weighted by Gasteiger charge is -2.09. The van der Waals surface area contributed by atoms with Gasteiger partial charge >= 0.3 is 0 Å². The Hall–Kier alpha value is -2.05. The number of aromatic nitrogens is 2. The van der Waals surface area contributed by atoms with Crippen LogP contribution in [0.2, 0.25) is 5.02 Å². The number of nitrogens with zero attached hydrogens (tertiary/aromatic N) is 2. The van der Waals surface area contributed by atoms with Crippen LogP contribution in [0.1, 0.15) is 5.56 Å². The topological polar surface area (TPSA) is 102 Å². The number of hydrogen-bond donors (Lipinski definition) is 4. The molecule has 0 saturated heterocycles. The quantitative estimate of drug-likeness (QED) is 0.500. The minimum atomic E-state index is 0.131. The maximum absolute atomic E-state index is 6.04. The molecule has 1 heterocycles. The van der Waals surface area contributed by atoms with Crippen LogP contribution in [-0.2, 0) is 0 Å². The monoisotopic (exact) mass is 264 g/mol. The lowest BCUT2D eigenvalue weighted by molar-refractivity contribution is 1.15. The summed E-state index contributed by atoms with van der Waals surface area (Å²) in [5.74, 6) is 6.38. The normalized spacial score (nSPS) is 10.2. The van der Waals surface area contributed by atoms with Gasteiger partial charge in [0.1, 0.15) is 11.6 Å². The molecule has 0 spiro atoms. The van der Waals surface area contributed by atoms with Gasteiger partial charge in [0.15, 0.2) is 0 Å². The number of nitrogen functional groups attached to an aromatic ring is 2. The molecule has 0 unspecified atom stereocenters. The molecular weight excluding hydrogens is 252 g/mol. The fourth-order valence-corrected chi connectivity index (χ4v) is 1.60. The fourth-order valence-electron chi connectivity index (χ4n) is 1.42. The second-order valence-corrected chi connectivity index (χ2v) is 4.14. The molecule has 0 bridgehead atoms. The van der Waals surface area contributed by atoms with E-state index < -0.39 is 0 Å². The van der Waals surface area contributed by atoms with Gasteiger partial charge in [-0.05, 0) is 24.6 Å². The van der Waals surface area contributed by atoms with E-state index in [-0.39, 0.29) is 5.95 Å². The molecule has 0 saturated carbocycles. The molecule has 0 fully saturated rings. The summed E-state index contributed by atoms with van der Waals surface area (Å²) in [6.45, 7) is 1.94. The van der Waals surface area contributed by atoms with E-state index in [1.54, 1.807) is 6.07 Å². The second kappa shape index (κ2) is 5.07. The van der Waals surface area contributed by atoms with Gasteiger partial charge in [-0.2, -0.15) is 9.97 Å². The van der Waals surface area contributed by atoms with E-state index in [2.05, 4.69) is 20.7 Å². The van der Waals surface area contributed by atoms with E-state index in [9.17, 15) is 0 Å². The molecule has 2 aromatic rings. The number of anilines is 4. The van der Waals surface area contributed by atoms with Gasteiger partial charge in [0, 0.05) is 16.8 Å². The Labute approximate surface area is 109 Å². The minimum Gasteiger partial charge on any atom is -0.368 e. The van der Waals surface area contributed by atoms with E-state index in [0.29, 0.717) is 16.7 Å². The van der Waals surface area contributed by atoms with Crippen molar-refractivity contribution in [1.29, 1.82) is 0 Å². The first-order valence-electron chi connectivity index (χ1n) is 5.23. The van der Waals surface area contributed by atoms with Crippen LogP contribution in [0.4, 0.5) is 23.3 Å². The molecule has 1 aromatic carbocycles. The van der Waals surface area contributed by atoms with Crippen LogP contribution < -0.4 is 22.3 Å². The fraction of sp³-hybridized carbons (Fsp3) is 0.0909. The molecule has 6 nitrogen and oxygen atoms in total. The van der Waals surface area contributed by atoms with Crippen LogP contribution >= 0.6 is 11.6 Å². The largest absolute Gasteiger partial charge is 0.368 e. The average molecular weight is 265 g/mol. The van der Waals surface area contributed by atoms with E-state index in [1.165, 1.54) is 0 Å². The molecule has 0 aliphatic carbocycles. The maximum atomic E-state index is 6.04. The SMILES string of the molecule is Cc1ccc(Nc2cc(NN)nc(N)n2)cc1Cl. The number of hydrogen-bond acceptors (Lipinski definition) is 6. The van der Waals surface area contributed by atoms with Crippen molar-refractivity contribution < 1.29 is 0 Å². The van der Waals surface area contributed by atoms with Crippen molar-refractivity contribution in [2.24, 2.45) is 5.84 Å². The number of benzene rings is 1. The highest BCUT2D eigenvalue weighted by molar-refractivity contribution is 6.31. The molecule has 6 N–H and O–H groups in total. The van der Waals surface area contributed by atoms with Crippen molar-refractivity contribution >= 4 is 34.9 Å². The van der Waals surface area contributed by atoms with Crippen LogP contribution in [0.25, 0.3) is 0 Å². The molecule has 94 valence electrons. The Bertz CT molecular complexity index is 571. The van der Waals surface area contributed by atoms with Gasteiger partial charge in [0.05, 0.1) is 0 Å². The van der Waals surface area contributed by atoms with Gasteiger partial charge in [-0.1, -0.05) is 17.7 Å². The van der Waals surface area contributed by atoms with Crippen LogP contribution in [0.3, 0.4) is 0 Å². The van der Waals surface area contributed by atoms with E-state index >= 15 is 0 Å². The maximum Gasteiger partial charge on any atom is 0.223 e. The molecule has 0 amide bonds. The third kappa shape index (κ3) is 2.79. The number of rotatable bonds is 3. The first kappa shape index (κ1) is 12.4. The molecule has 0 atom stereocenters. The number of aryl methyl sites for hydroxylation is 1. The van der Waals surface area contributed by atoms with Crippen LogP contribution in [0, 0.1) is 6.92 Å². The lowest BCUT2D eigenvalue weighted by Crippen LogP contribution is -2.11. The first-order chi connectivity index (χ1) is 8.58. The van der Waals surface area contributed by atoms with Crippen LogP contribution in [0.15, 0.2) is 24.3 Å². The molecule has 0 aliphatic rings. The predicted molar refractivity (Wildman–Crippen MR) is 73.7 cm³/mol. The summed E-state index contributed by atoms with van der Waals surface area (Å²) in [4.78, 5) is 7.94. The predicted octanol–water partition coefficient (Wildman–Crippen LogP) is 2.05. The van der Waals surface area contributed by atoms with E-state index in [0.717, 1.165) is 11.3 Å². The highest BCUT2D eigenvalue weighted by Crippen LogP contribution is 2.23.